The van der Waals surface area contributed by atoms with Crippen molar-refractivity contribution in [1.29, 1.82) is 0 Å². The Labute approximate surface area is 90.8 Å². The van der Waals surface area contributed by atoms with Gasteiger partial charge in [0.2, 0.25) is 0 Å². The first-order valence-electron chi connectivity index (χ1n) is 6.08. The summed E-state index contributed by atoms with van der Waals surface area (Å²) in [5.41, 5.74) is 1.81. The van der Waals surface area contributed by atoms with E-state index >= 15 is 0 Å². The minimum atomic E-state index is 0. The number of hydrogen-bond acceptors (Lipinski definition) is 0. The van der Waals surface area contributed by atoms with E-state index in [1.807, 2.05) is 19.4 Å². The average molecular weight is 196 g/mol. The fourth-order valence-corrected chi connectivity index (χ4v) is 2.67. The molecule has 0 nitrogen and oxygen atoms in total. The molecule has 0 amide bonds. The van der Waals surface area contributed by atoms with Crippen LogP contribution in [0.15, 0.2) is 11.6 Å². The fourth-order valence-electron chi connectivity index (χ4n) is 2.67. The third kappa shape index (κ3) is 3.15. The van der Waals surface area contributed by atoms with Gasteiger partial charge in [0.15, 0.2) is 0 Å². The first-order chi connectivity index (χ1) is 6.38. The van der Waals surface area contributed by atoms with Crippen LogP contribution in [0.5, 0.6) is 0 Å². The molecule has 84 valence electrons. The van der Waals surface area contributed by atoms with Crippen molar-refractivity contribution in [3.05, 3.63) is 11.6 Å². The highest BCUT2D eigenvalue weighted by Crippen LogP contribution is 2.40. The van der Waals surface area contributed by atoms with Gasteiger partial charge in [-0.3, -0.25) is 0 Å². The fraction of sp³-hybridized carbons (Fsp3) is 0.857. The minimum Gasteiger partial charge on any atom is -0.0848 e. The Hall–Kier alpha value is -0.260. The first kappa shape index (κ1) is 13.7. The summed E-state index contributed by atoms with van der Waals surface area (Å²) in [7, 11) is 0. The predicted molar refractivity (Wildman–Crippen MR) is 66.5 cm³/mol. The van der Waals surface area contributed by atoms with Crippen molar-refractivity contribution < 1.29 is 0 Å². The van der Waals surface area contributed by atoms with Crippen LogP contribution in [-0.2, 0) is 0 Å². The van der Waals surface area contributed by atoms with Gasteiger partial charge in [0.1, 0.15) is 0 Å². The second kappa shape index (κ2) is 7.09. The maximum Gasteiger partial charge on any atom is -0.0200 e. The van der Waals surface area contributed by atoms with E-state index in [1.165, 1.54) is 38.5 Å². The van der Waals surface area contributed by atoms with Crippen molar-refractivity contribution in [2.24, 2.45) is 11.8 Å². The van der Waals surface area contributed by atoms with Gasteiger partial charge in [-0.2, -0.15) is 0 Å². The second-order valence-electron chi connectivity index (χ2n) is 4.16. The molecule has 0 heteroatoms. The van der Waals surface area contributed by atoms with Gasteiger partial charge in [-0.05, 0) is 43.9 Å². The maximum absolute atomic E-state index is 2.54. The van der Waals surface area contributed by atoms with E-state index < -0.39 is 0 Å². The number of allylic oxidation sites excluding steroid dienone is 2. The van der Waals surface area contributed by atoms with E-state index in [1.54, 1.807) is 0 Å². The Bertz CT molecular complexity index is 167. The molecule has 0 bridgehead atoms. The van der Waals surface area contributed by atoms with Crippen molar-refractivity contribution in [3.8, 4) is 0 Å². The maximum atomic E-state index is 2.54. The Kier molecular flexibility index (Phi) is 6.96. The van der Waals surface area contributed by atoms with E-state index in [9.17, 15) is 0 Å². The zero-order chi connectivity index (χ0) is 9.68. The molecule has 1 fully saturated rings. The first-order valence-corrected chi connectivity index (χ1v) is 6.08. The van der Waals surface area contributed by atoms with Crippen LogP contribution >= 0.6 is 0 Å². The lowest BCUT2D eigenvalue weighted by atomic mass is 9.96. The predicted octanol–water partition coefficient (Wildman–Crippen LogP) is 5.20. The van der Waals surface area contributed by atoms with Crippen molar-refractivity contribution in [2.45, 2.75) is 66.7 Å². The number of rotatable bonds is 0. The quantitative estimate of drug-likeness (QED) is 0.467. The summed E-state index contributed by atoms with van der Waals surface area (Å²) in [6, 6.07) is 0. The van der Waals surface area contributed by atoms with Crippen molar-refractivity contribution in [1.82, 2.24) is 0 Å². The van der Waals surface area contributed by atoms with Crippen LogP contribution in [0.4, 0.5) is 0 Å². The molecule has 0 N–H and O–H groups in total. The van der Waals surface area contributed by atoms with Crippen LogP contribution in [0, 0.1) is 11.8 Å². The zero-order valence-corrected chi connectivity index (χ0v) is 9.47. The monoisotopic (exact) mass is 196 g/mol. The average Bonchev–Trinajstić information content (AvgIpc) is 2.44. The highest BCUT2D eigenvalue weighted by molar-refractivity contribution is 5.15. The summed E-state index contributed by atoms with van der Waals surface area (Å²) in [4.78, 5) is 0. The standard InChI is InChI=1S/C11H18.C2H6.CH4/c1-9-7-8-10-5-3-2-4-6-11(9)10;1-2;/h6,9-10H,2-5,7-8H2,1H3;1-2H3;1H4. The highest BCUT2D eigenvalue weighted by atomic mass is 14.3. The third-order valence-electron chi connectivity index (χ3n) is 3.38. The smallest absolute Gasteiger partial charge is 0.0200 e. The van der Waals surface area contributed by atoms with Gasteiger partial charge >= 0.3 is 0 Å². The normalized spacial score (nSPS) is 30.1. The molecule has 0 aromatic rings. The molecule has 2 unspecified atom stereocenters. The summed E-state index contributed by atoms with van der Waals surface area (Å²) < 4.78 is 0. The molecule has 1 saturated carbocycles. The summed E-state index contributed by atoms with van der Waals surface area (Å²) in [5, 5.41) is 0. The Morgan fingerprint density at radius 1 is 1.07 bits per heavy atom. The van der Waals surface area contributed by atoms with Gasteiger partial charge in [-0.15, -0.1) is 0 Å². The molecule has 0 saturated heterocycles. The Morgan fingerprint density at radius 2 is 1.79 bits per heavy atom. The molecule has 2 aliphatic rings. The van der Waals surface area contributed by atoms with Gasteiger partial charge < -0.3 is 0 Å². The molecule has 0 heterocycles. The van der Waals surface area contributed by atoms with E-state index in [0.29, 0.717) is 0 Å². The second-order valence-corrected chi connectivity index (χ2v) is 4.16. The highest BCUT2D eigenvalue weighted by Gasteiger charge is 2.27. The van der Waals surface area contributed by atoms with Crippen molar-refractivity contribution in [2.75, 3.05) is 0 Å². The van der Waals surface area contributed by atoms with Crippen LogP contribution < -0.4 is 0 Å². The molecule has 0 aromatic heterocycles. The number of hydrogen-bond donors (Lipinski definition) is 0. The topological polar surface area (TPSA) is 0 Å². The van der Waals surface area contributed by atoms with E-state index in [2.05, 4.69) is 13.0 Å². The van der Waals surface area contributed by atoms with Gasteiger partial charge in [0, 0.05) is 0 Å². The lowest BCUT2D eigenvalue weighted by Gasteiger charge is -2.10. The molecule has 0 aliphatic heterocycles. The van der Waals surface area contributed by atoms with Crippen LogP contribution in [0.25, 0.3) is 0 Å². The summed E-state index contributed by atoms with van der Waals surface area (Å²) in [6.45, 7) is 6.40. The van der Waals surface area contributed by atoms with Crippen molar-refractivity contribution >= 4 is 0 Å². The van der Waals surface area contributed by atoms with E-state index in [-0.39, 0.29) is 7.43 Å². The molecule has 2 atom stereocenters. The lowest BCUT2D eigenvalue weighted by Crippen LogP contribution is -1.97. The molecule has 0 spiro atoms. The van der Waals surface area contributed by atoms with Crippen LogP contribution in [0.2, 0.25) is 0 Å². The van der Waals surface area contributed by atoms with Gasteiger partial charge in [0.05, 0.1) is 0 Å². The van der Waals surface area contributed by atoms with Crippen LogP contribution in [0.1, 0.15) is 66.7 Å². The van der Waals surface area contributed by atoms with Gasteiger partial charge in [0.25, 0.3) is 0 Å². The van der Waals surface area contributed by atoms with Crippen LogP contribution in [-0.4, -0.2) is 0 Å². The summed E-state index contributed by atoms with van der Waals surface area (Å²) in [6.07, 6.45) is 11.2. The molecular formula is C14H28. The Morgan fingerprint density at radius 3 is 2.50 bits per heavy atom. The lowest BCUT2D eigenvalue weighted by molar-refractivity contribution is 0.547. The van der Waals surface area contributed by atoms with Gasteiger partial charge in [-0.25, -0.2) is 0 Å². The molecule has 0 radical (unpaired) electrons. The van der Waals surface area contributed by atoms with Gasteiger partial charge in [-0.1, -0.05) is 46.3 Å². The number of fused-ring (bicyclic) bond motifs is 1. The molecule has 2 rings (SSSR count). The minimum absolute atomic E-state index is 0. The third-order valence-corrected chi connectivity index (χ3v) is 3.38. The van der Waals surface area contributed by atoms with E-state index in [0.717, 1.165) is 11.8 Å². The summed E-state index contributed by atoms with van der Waals surface area (Å²) in [5.74, 6) is 1.91. The zero-order valence-electron chi connectivity index (χ0n) is 9.47. The SMILES string of the molecule is C.CC.CC1CCC2CCCCC=C12. The molecular weight excluding hydrogens is 168 g/mol. The molecule has 2 aliphatic carbocycles. The summed E-state index contributed by atoms with van der Waals surface area (Å²) >= 11 is 0. The molecule has 14 heavy (non-hydrogen) atoms. The van der Waals surface area contributed by atoms with Crippen LogP contribution in [0.3, 0.4) is 0 Å². The van der Waals surface area contributed by atoms with E-state index in [4.69, 9.17) is 0 Å². The van der Waals surface area contributed by atoms with Crippen molar-refractivity contribution in [3.63, 3.8) is 0 Å². The largest absolute Gasteiger partial charge is 0.0848 e. The molecule has 0 aromatic carbocycles. The Balaban J connectivity index is 0.000000531.